The zero-order chi connectivity index (χ0) is 10.7. The Balaban J connectivity index is 1.75. The van der Waals surface area contributed by atoms with E-state index in [0.29, 0.717) is 0 Å². The summed E-state index contributed by atoms with van der Waals surface area (Å²) in [5.41, 5.74) is 2.74. The number of rotatable bonds is 1. The lowest BCUT2D eigenvalue weighted by Crippen LogP contribution is -2.21. The van der Waals surface area contributed by atoms with Crippen molar-refractivity contribution >= 4 is 16.6 Å². The summed E-state index contributed by atoms with van der Waals surface area (Å²) in [6, 6.07) is 9.05. The molecule has 0 radical (unpaired) electrons. The van der Waals surface area contributed by atoms with Crippen molar-refractivity contribution in [3.63, 3.8) is 0 Å². The molecule has 1 aliphatic heterocycles. The van der Waals surface area contributed by atoms with Crippen LogP contribution in [0.5, 0.6) is 0 Å². The second-order valence-electron chi connectivity index (χ2n) is 5.33. The van der Waals surface area contributed by atoms with Gasteiger partial charge >= 0.3 is 0 Å². The molecule has 2 nitrogen and oxygen atoms in total. The van der Waals surface area contributed by atoms with E-state index in [0.717, 1.165) is 11.8 Å². The highest BCUT2D eigenvalue weighted by Gasteiger charge is 2.45. The molecule has 0 bridgehead atoms. The van der Waals surface area contributed by atoms with Crippen LogP contribution in [0.2, 0.25) is 0 Å². The molecule has 2 aliphatic rings. The molecule has 2 aromatic rings. The number of aromatic nitrogens is 1. The molecule has 0 amide bonds. The topological polar surface area (TPSA) is 8.17 Å². The second-order valence-corrected chi connectivity index (χ2v) is 5.33. The SMILES string of the molecule is Cn1ccc2cc(N3C[C@H]4C[C@H]4C3)ccc21. The third kappa shape index (κ3) is 1.13. The zero-order valence-corrected chi connectivity index (χ0v) is 9.56. The monoisotopic (exact) mass is 212 g/mol. The molecule has 1 saturated carbocycles. The van der Waals surface area contributed by atoms with E-state index in [-0.39, 0.29) is 0 Å². The first-order chi connectivity index (χ1) is 7.81. The van der Waals surface area contributed by atoms with Crippen molar-refractivity contribution < 1.29 is 0 Å². The maximum Gasteiger partial charge on any atom is 0.0479 e. The Kier molecular flexibility index (Phi) is 1.53. The van der Waals surface area contributed by atoms with Crippen LogP contribution in [0.1, 0.15) is 6.42 Å². The summed E-state index contributed by atoms with van der Waals surface area (Å²) in [5.74, 6) is 2.01. The summed E-state index contributed by atoms with van der Waals surface area (Å²) in [4.78, 5) is 2.55. The predicted octanol–water partition coefficient (Wildman–Crippen LogP) is 2.63. The van der Waals surface area contributed by atoms with Gasteiger partial charge in [0.15, 0.2) is 0 Å². The molecule has 82 valence electrons. The number of fused-ring (bicyclic) bond motifs is 2. The predicted molar refractivity (Wildman–Crippen MR) is 66.7 cm³/mol. The minimum Gasteiger partial charge on any atom is -0.371 e. The molecule has 1 aromatic carbocycles. The molecule has 1 aliphatic carbocycles. The molecular formula is C14H16N2. The van der Waals surface area contributed by atoms with Gasteiger partial charge in [0.05, 0.1) is 0 Å². The molecule has 4 rings (SSSR count). The third-order valence-corrected chi connectivity index (χ3v) is 4.21. The second kappa shape index (κ2) is 2.82. The lowest BCUT2D eigenvalue weighted by atomic mass is 10.2. The van der Waals surface area contributed by atoms with Gasteiger partial charge in [0.1, 0.15) is 0 Å². The van der Waals surface area contributed by atoms with Crippen molar-refractivity contribution in [2.75, 3.05) is 18.0 Å². The maximum absolute atomic E-state index is 2.55. The van der Waals surface area contributed by atoms with Gasteiger partial charge in [-0.15, -0.1) is 0 Å². The Morgan fingerprint density at radius 2 is 1.94 bits per heavy atom. The van der Waals surface area contributed by atoms with E-state index in [4.69, 9.17) is 0 Å². The van der Waals surface area contributed by atoms with E-state index in [9.17, 15) is 0 Å². The number of anilines is 1. The van der Waals surface area contributed by atoms with Crippen molar-refractivity contribution in [1.82, 2.24) is 4.57 Å². The van der Waals surface area contributed by atoms with Crippen LogP contribution in [0.4, 0.5) is 5.69 Å². The highest BCUT2D eigenvalue weighted by molar-refractivity contribution is 5.84. The lowest BCUT2D eigenvalue weighted by molar-refractivity contribution is 0.820. The van der Waals surface area contributed by atoms with Crippen molar-refractivity contribution in [3.05, 3.63) is 30.5 Å². The summed E-state index contributed by atoms with van der Waals surface area (Å²) >= 11 is 0. The van der Waals surface area contributed by atoms with Gasteiger partial charge < -0.3 is 9.47 Å². The van der Waals surface area contributed by atoms with Crippen LogP contribution in [-0.2, 0) is 7.05 Å². The van der Waals surface area contributed by atoms with Gasteiger partial charge in [-0.25, -0.2) is 0 Å². The summed E-state index contributed by atoms with van der Waals surface area (Å²) in [7, 11) is 2.10. The van der Waals surface area contributed by atoms with Crippen molar-refractivity contribution in [2.45, 2.75) is 6.42 Å². The van der Waals surface area contributed by atoms with Crippen LogP contribution in [0.3, 0.4) is 0 Å². The maximum atomic E-state index is 2.55. The Morgan fingerprint density at radius 1 is 1.12 bits per heavy atom. The molecule has 2 heterocycles. The Bertz CT molecular complexity index is 545. The molecule has 0 unspecified atom stereocenters. The molecule has 0 N–H and O–H groups in total. The molecular weight excluding hydrogens is 196 g/mol. The van der Waals surface area contributed by atoms with E-state index in [1.54, 1.807) is 0 Å². The van der Waals surface area contributed by atoms with E-state index in [1.807, 2.05) is 0 Å². The number of aryl methyl sites for hydroxylation is 1. The van der Waals surface area contributed by atoms with Gasteiger partial charge in [-0.05, 0) is 42.5 Å². The van der Waals surface area contributed by atoms with Crippen molar-refractivity contribution in [2.24, 2.45) is 18.9 Å². The van der Waals surface area contributed by atoms with E-state index in [1.165, 1.54) is 36.1 Å². The summed E-state index contributed by atoms with van der Waals surface area (Å²) in [6.07, 6.45) is 3.61. The molecule has 2 heteroatoms. The van der Waals surface area contributed by atoms with Crippen LogP contribution < -0.4 is 4.90 Å². The molecule has 1 saturated heterocycles. The fourth-order valence-corrected chi connectivity index (χ4v) is 3.07. The first-order valence-corrected chi connectivity index (χ1v) is 6.11. The molecule has 2 fully saturated rings. The largest absolute Gasteiger partial charge is 0.371 e. The van der Waals surface area contributed by atoms with Crippen LogP contribution in [0, 0.1) is 11.8 Å². The minimum atomic E-state index is 1.01. The van der Waals surface area contributed by atoms with Gasteiger partial charge in [-0.3, -0.25) is 0 Å². The highest BCUT2D eigenvalue weighted by Crippen LogP contribution is 2.46. The van der Waals surface area contributed by atoms with Crippen LogP contribution in [0.15, 0.2) is 30.5 Å². The first kappa shape index (κ1) is 8.68. The average molecular weight is 212 g/mol. The highest BCUT2D eigenvalue weighted by atomic mass is 15.2. The molecule has 16 heavy (non-hydrogen) atoms. The smallest absolute Gasteiger partial charge is 0.0479 e. The fourth-order valence-electron chi connectivity index (χ4n) is 3.07. The number of nitrogens with zero attached hydrogens (tertiary/aromatic N) is 2. The normalized spacial score (nSPS) is 27.4. The molecule has 1 aromatic heterocycles. The van der Waals surface area contributed by atoms with Crippen LogP contribution in [-0.4, -0.2) is 17.7 Å². The van der Waals surface area contributed by atoms with E-state index < -0.39 is 0 Å². The molecule has 2 atom stereocenters. The molecule has 0 spiro atoms. The Hall–Kier alpha value is -1.44. The quantitative estimate of drug-likeness (QED) is 0.705. The number of piperidine rings is 1. The first-order valence-electron chi connectivity index (χ1n) is 6.11. The van der Waals surface area contributed by atoms with E-state index in [2.05, 4.69) is 47.0 Å². The summed E-state index contributed by atoms with van der Waals surface area (Å²) < 4.78 is 2.18. The van der Waals surface area contributed by atoms with Gasteiger partial charge in [0, 0.05) is 42.9 Å². The van der Waals surface area contributed by atoms with Crippen molar-refractivity contribution in [1.29, 1.82) is 0 Å². The van der Waals surface area contributed by atoms with E-state index >= 15 is 0 Å². The third-order valence-electron chi connectivity index (χ3n) is 4.21. The Morgan fingerprint density at radius 3 is 2.75 bits per heavy atom. The van der Waals surface area contributed by atoms with Gasteiger partial charge in [-0.1, -0.05) is 0 Å². The van der Waals surface area contributed by atoms with Gasteiger partial charge in [0.25, 0.3) is 0 Å². The number of hydrogen-bond donors (Lipinski definition) is 0. The summed E-state index contributed by atoms with van der Waals surface area (Å²) in [5, 5.41) is 1.36. The minimum absolute atomic E-state index is 1.01. The van der Waals surface area contributed by atoms with Gasteiger partial charge in [-0.2, -0.15) is 0 Å². The van der Waals surface area contributed by atoms with Gasteiger partial charge in [0.2, 0.25) is 0 Å². The lowest BCUT2D eigenvalue weighted by Gasteiger charge is -2.20. The zero-order valence-electron chi connectivity index (χ0n) is 9.56. The number of benzene rings is 1. The number of hydrogen-bond acceptors (Lipinski definition) is 1. The fraction of sp³-hybridized carbons (Fsp3) is 0.429. The van der Waals surface area contributed by atoms with Crippen molar-refractivity contribution in [3.8, 4) is 0 Å². The van der Waals surface area contributed by atoms with Crippen LogP contribution >= 0.6 is 0 Å². The standard InChI is InChI=1S/C14H16N2/c1-15-5-4-10-7-13(2-3-14(10)15)16-8-11-6-12(11)9-16/h2-5,7,11-12H,6,8-9H2,1H3/t11-,12+. The van der Waals surface area contributed by atoms with Crippen LogP contribution in [0.25, 0.3) is 10.9 Å². The summed E-state index contributed by atoms with van der Waals surface area (Å²) in [6.45, 7) is 2.56. The Labute approximate surface area is 95.5 Å². The average Bonchev–Trinajstić information content (AvgIpc) is 2.75.